The highest BCUT2D eigenvalue weighted by molar-refractivity contribution is 6.32. The number of amides is 3. The highest BCUT2D eigenvalue weighted by Gasteiger charge is 2.61. The third kappa shape index (κ3) is 7.27. The van der Waals surface area contributed by atoms with Gasteiger partial charge < -0.3 is 30.1 Å². The van der Waals surface area contributed by atoms with Crippen molar-refractivity contribution >= 4 is 35.5 Å². The molecule has 2 aromatic rings. The van der Waals surface area contributed by atoms with E-state index in [4.69, 9.17) is 21.1 Å². The fourth-order valence-electron chi connectivity index (χ4n) is 6.00. The van der Waals surface area contributed by atoms with Crippen LogP contribution in [0.5, 0.6) is 5.75 Å². The van der Waals surface area contributed by atoms with Crippen molar-refractivity contribution in [3.05, 3.63) is 35.4 Å². The summed E-state index contributed by atoms with van der Waals surface area (Å²) in [6.45, 7) is 5.22. The Morgan fingerprint density at radius 2 is 1.98 bits per heavy atom. The summed E-state index contributed by atoms with van der Waals surface area (Å²) in [5, 5.41) is 28.8. The number of ether oxygens (including phenoxy) is 2. The minimum atomic E-state index is -1.44. The van der Waals surface area contributed by atoms with E-state index >= 15 is 0 Å². The summed E-state index contributed by atoms with van der Waals surface area (Å²) in [5.41, 5.74) is -1.63. The van der Waals surface area contributed by atoms with E-state index in [1.807, 2.05) is 12.2 Å². The summed E-state index contributed by atoms with van der Waals surface area (Å²) < 4.78 is 10.7. The average Bonchev–Trinajstić information content (AvgIpc) is 3.31. The van der Waals surface area contributed by atoms with Crippen LogP contribution < -0.4 is 15.4 Å². The van der Waals surface area contributed by atoms with Gasteiger partial charge in [0.05, 0.1) is 18.2 Å². The molecule has 1 aromatic heterocycles. The van der Waals surface area contributed by atoms with Crippen molar-refractivity contribution < 1.29 is 33.8 Å². The number of nitrogens with one attached hydrogen (secondary N) is 2. The van der Waals surface area contributed by atoms with Crippen LogP contribution in [-0.4, -0.2) is 91.0 Å². The van der Waals surface area contributed by atoms with Gasteiger partial charge in [0.25, 0.3) is 0 Å². The summed E-state index contributed by atoms with van der Waals surface area (Å²) in [4.78, 5) is 55.9. The number of alkyl carbamates (subject to hydrolysis) is 1. The van der Waals surface area contributed by atoms with Crippen LogP contribution in [0.15, 0.2) is 30.4 Å². The Hall–Kier alpha value is -4.20. The molecular weight excluding hydrogens is 618 g/mol. The predicted octanol–water partition coefficient (Wildman–Crippen LogP) is 3.52. The average molecular weight is 658 g/mol. The van der Waals surface area contributed by atoms with Gasteiger partial charge in [-0.2, -0.15) is 4.80 Å². The molecule has 1 saturated carbocycles. The number of nitrogens with zero attached hydrogens (tertiary/aromatic N) is 5. The zero-order chi connectivity index (χ0) is 33.2. The number of allylic oxidation sites excluding steroid dienone is 1. The molecule has 2 fully saturated rings. The third-order valence-electron chi connectivity index (χ3n) is 8.49. The Morgan fingerprint density at radius 1 is 1.20 bits per heavy atom. The number of carboxylic acids is 1. The number of carboxylic acid groups (broad SMARTS) is 1. The first-order valence-corrected chi connectivity index (χ1v) is 15.8. The minimum absolute atomic E-state index is 0.0337. The fourth-order valence-corrected chi connectivity index (χ4v) is 6.25. The molecule has 3 N–H and O–H groups in total. The second-order valence-electron chi connectivity index (χ2n) is 13.0. The molecule has 5 rings (SSSR count). The van der Waals surface area contributed by atoms with Gasteiger partial charge in [0, 0.05) is 24.4 Å². The first kappa shape index (κ1) is 33.2. The maximum absolute atomic E-state index is 14.2. The topological polar surface area (TPSA) is 178 Å². The van der Waals surface area contributed by atoms with Crippen LogP contribution in [0.4, 0.5) is 4.79 Å². The van der Waals surface area contributed by atoms with Crippen LogP contribution in [0.1, 0.15) is 71.8 Å². The smallest absolute Gasteiger partial charge is 0.408 e. The fraction of sp³-hybridized carbons (Fsp3) is 0.581. The number of aromatic nitrogens is 4. The van der Waals surface area contributed by atoms with E-state index in [9.17, 15) is 24.3 Å². The Balaban J connectivity index is 1.44. The standard InChI is InChI=1S/C31H40ClN7O7/c1-30(2,3)46-29(44)33-22-11-9-7-5-6-8-10-19-16-31(19,28(42)43)34-26(40)23-15-20(17-38(23)27(22)41)39-36-25(35-37-39)18-12-13-24(45-4)21(32)14-18/h8,10,12-14,19-20,22-23H,5-7,9,11,15-17H2,1-4H3,(H,33,44)(H,34,40)(H,42,43)/t19-,20-,22+,23+,31-/m1/s1. The molecule has 3 amide bonds. The number of benzene rings is 1. The normalized spacial score (nSPS) is 27.0. The summed E-state index contributed by atoms with van der Waals surface area (Å²) in [6.07, 6.45) is 6.78. The second kappa shape index (κ2) is 13.3. The lowest BCUT2D eigenvalue weighted by atomic mass is 10.0. The molecule has 15 heteroatoms. The number of rotatable bonds is 5. The Kier molecular flexibility index (Phi) is 9.57. The van der Waals surface area contributed by atoms with Gasteiger partial charge in [-0.1, -0.05) is 36.6 Å². The van der Waals surface area contributed by atoms with Crippen molar-refractivity contribution in [2.75, 3.05) is 13.7 Å². The third-order valence-corrected chi connectivity index (χ3v) is 8.79. The van der Waals surface area contributed by atoms with E-state index < -0.39 is 53.1 Å². The Morgan fingerprint density at radius 3 is 2.67 bits per heavy atom. The highest BCUT2D eigenvalue weighted by Crippen LogP contribution is 2.45. The first-order chi connectivity index (χ1) is 21.8. The molecule has 0 unspecified atom stereocenters. The van der Waals surface area contributed by atoms with E-state index in [2.05, 4.69) is 26.0 Å². The zero-order valence-corrected chi connectivity index (χ0v) is 27.1. The maximum Gasteiger partial charge on any atom is 0.408 e. The van der Waals surface area contributed by atoms with Crippen molar-refractivity contribution in [3.63, 3.8) is 0 Å². The molecule has 0 radical (unpaired) electrons. The summed E-state index contributed by atoms with van der Waals surface area (Å²) in [6, 6.07) is 2.50. The maximum atomic E-state index is 14.2. The lowest BCUT2D eigenvalue weighted by Crippen LogP contribution is -2.56. The molecule has 1 aromatic carbocycles. The number of carbonyl (C=O) groups excluding carboxylic acids is 3. The number of hydrogen-bond acceptors (Lipinski definition) is 9. The molecule has 3 aliphatic rings. The van der Waals surface area contributed by atoms with E-state index in [1.165, 1.54) is 16.8 Å². The number of carbonyl (C=O) groups is 4. The molecule has 248 valence electrons. The van der Waals surface area contributed by atoms with Gasteiger partial charge in [-0.3, -0.25) is 9.59 Å². The lowest BCUT2D eigenvalue weighted by Gasteiger charge is -2.30. The Bertz CT molecular complexity index is 1520. The number of aliphatic carboxylic acids is 1. The van der Waals surface area contributed by atoms with E-state index in [1.54, 1.807) is 39.0 Å². The van der Waals surface area contributed by atoms with Gasteiger partial charge in [-0.25, -0.2) is 9.59 Å². The van der Waals surface area contributed by atoms with Crippen LogP contribution in [0.25, 0.3) is 11.4 Å². The van der Waals surface area contributed by atoms with Crippen LogP contribution in [0.3, 0.4) is 0 Å². The lowest BCUT2D eigenvalue weighted by molar-refractivity contribution is -0.145. The number of halogens is 1. The number of methoxy groups -OCH3 is 1. The van der Waals surface area contributed by atoms with Gasteiger partial charge in [0.15, 0.2) is 0 Å². The van der Waals surface area contributed by atoms with Gasteiger partial charge in [0.2, 0.25) is 17.6 Å². The number of tetrazole rings is 1. The van der Waals surface area contributed by atoms with Crippen molar-refractivity contribution in [1.82, 2.24) is 35.7 Å². The summed E-state index contributed by atoms with van der Waals surface area (Å²) in [5.74, 6) is -1.77. The van der Waals surface area contributed by atoms with E-state index in [0.29, 0.717) is 29.2 Å². The van der Waals surface area contributed by atoms with Gasteiger partial charge in [-0.15, -0.1) is 10.2 Å². The second-order valence-corrected chi connectivity index (χ2v) is 13.4. The molecule has 46 heavy (non-hydrogen) atoms. The van der Waals surface area contributed by atoms with Crippen molar-refractivity contribution in [2.45, 2.75) is 95.0 Å². The van der Waals surface area contributed by atoms with Crippen LogP contribution >= 0.6 is 11.6 Å². The van der Waals surface area contributed by atoms with Gasteiger partial charge in [0.1, 0.15) is 29.0 Å². The zero-order valence-electron chi connectivity index (χ0n) is 26.4. The van der Waals surface area contributed by atoms with Crippen LogP contribution in [0.2, 0.25) is 5.02 Å². The number of hydrogen-bond donors (Lipinski definition) is 3. The number of fused-ring (bicyclic) bond motifs is 2. The van der Waals surface area contributed by atoms with E-state index in [-0.39, 0.29) is 31.1 Å². The van der Waals surface area contributed by atoms with Gasteiger partial charge >= 0.3 is 12.1 Å². The van der Waals surface area contributed by atoms with Crippen molar-refractivity contribution in [1.29, 1.82) is 0 Å². The molecule has 1 aliphatic carbocycles. The van der Waals surface area contributed by atoms with Crippen LogP contribution in [0, 0.1) is 5.92 Å². The Labute approximate surface area is 271 Å². The van der Waals surface area contributed by atoms with Crippen LogP contribution in [-0.2, 0) is 19.1 Å². The first-order valence-electron chi connectivity index (χ1n) is 15.5. The quantitative estimate of drug-likeness (QED) is 0.403. The molecule has 5 atom stereocenters. The highest BCUT2D eigenvalue weighted by atomic mass is 35.5. The molecular formula is C31H40ClN7O7. The minimum Gasteiger partial charge on any atom is -0.495 e. The van der Waals surface area contributed by atoms with Gasteiger partial charge in [-0.05, 0) is 69.9 Å². The molecule has 14 nitrogen and oxygen atoms in total. The molecule has 0 spiro atoms. The molecule has 3 heterocycles. The SMILES string of the molecule is COc1ccc(-c2nnn([C@@H]3C[C@H]4C(=O)N[C@]5(C(=O)O)C[C@H]5C=CCCCCC[C@H](NC(=O)OC(C)(C)C)C(=O)N4C3)n2)cc1Cl. The molecule has 0 bridgehead atoms. The van der Waals surface area contributed by atoms with E-state index in [0.717, 1.165) is 19.3 Å². The largest absolute Gasteiger partial charge is 0.495 e. The molecule has 2 aliphatic heterocycles. The molecule has 1 saturated heterocycles. The summed E-state index contributed by atoms with van der Waals surface area (Å²) >= 11 is 6.29. The van der Waals surface area contributed by atoms with Crippen molar-refractivity contribution in [3.8, 4) is 17.1 Å². The summed E-state index contributed by atoms with van der Waals surface area (Å²) in [7, 11) is 1.51. The monoisotopic (exact) mass is 657 g/mol. The van der Waals surface area contributed by atoms with Crippen molar-refractivity contribution in [2.24, 2.45) is 5.92 Å². The predicted molar refractivity (Wildman–Crippen MR) is 166 cm³/mol.